The van der Waals surface area contributed by atoms with Gasteiger partial charge >= 0.3 is 0 Å². The molecule has 400 valence electrons. The third-order valence-corrected chi connectivity index (χ3v) is 14.5. The number of para-hydroxylation sites is 1. The number of aliphatic hydroxyl groups excluding tert-OH is 1. The van der Waals surface area contributed by atoms with Crippen LogP contribution in [0.1, 0.15) is 99.1 Å². The molecule has 2 aliphatic rings. The van der Waals surface area contributed by atoms with Crippen LogP contribution in [-0.4, -0.2) is 139 Å². The van der Waals surface area contributed by atoms with Crippen LogP contribution in [0.5, 0.6) is 0 Å². The Balaban J connectivity index is 1.50. The lowest BCUT2D eigenvalue weighted by Crippen LogP contribution is -2.60. The second-order valence-corrected chi connectivity index (χ2v) is 21.6. The van der Waals surface area contributed by atoms with Crippen LogP contribution in [0.2, 0.25) is 0 Å². The SMILES string of the molecule is C/C=C/C[C@@H]1NC(=O)[C@H](CC(C)C)N2C=C(C)C[C@@H](C2=O)N(C)C(=O)[C@H](C)NC(=O)[C@H](Cc2ccc3ocnc3c2)NC(=O)[C@H](CC(C)C)N(C)C(=O)[C@H](Cc2cn(C(C)(C)[C@H](O)CCl)c3ccccc23)NC1=O. The molecule has 0 unspecified atom stereocenters. The number of aromatic nitrogens is 2. The third-order valence-electron chi connectivity index (χ3n) is 14.2. The second kappa shape index (κ2) is 24.2. The van der Waals surface area contributed by atoms with Crippen LogP contribution in [0.4, 0.5) is 0 Å². The van der Waals surface area contributed by atoms with E-state index in [-0.39, 0.29) is 56.2 Å². The van der Waals surface area contributed by atoms with Gasteiger partial charge in [-0.15, -0.1) is 11.6 Å². The Kier molecular flexibility index (Phi) is 18.6. The molecule has 18 nitrogen and oxygen atoms in total. The number of halogens is 1. The largest absolute Gasteiger partial charge is 0.443 e. The maximum absolute atomic E-state index is 15.4. The predicted molar refractivity (Wildman–Crippen MR) is 283 cm³/mol. The van der Waals surface area contributed by atoms with E-state index in [1.807, 2.05) is 76.6 Å². The summed E-state index contributed by atoms with van der Waals surface area (Å²) in [4.78, 5) is 112. The van der Waals surface area contributed by atoms with Gasteiger partial charge in [0.15, 0.2) is 12.0 Å². The number of nitrogens with zero attached hydrogens (tertiary/aromatic N) is 5. The fraction of sp³-hybridized carbons (Fsp3) is 0.527. The summed E-state index contributed by atoms with van der Waals surface area (Å²) in [5.74, 6) is -4.73. The summed E-state index contributed by atoms with van der Waals surface area (Å²) in [6.07, 6.45) is 7.61. The van der Waals surface area contributed by atoms with E-state index in [1.165, 1.54) is 42.1 Å². The Hall–Kier alpha value is -6.53. The first-order valence-corrected chi connectivity index (χ1v) is 26.0. The van der Waals surface area contributed by atoms with E-state index in [2.05, 4.69) is 26.3 Å². The molecule has 2 aliphatic heterocycles. The number of carbonyl (C=O) groups is 7. The second-order valence-electron chi connectivity index (χ2n) is 21.3. The summed E-state index contributed by atoms with van der Waals surface area (Å²) in [6.45, 7) is 16.4. The Labute approximate surface area is 438 Å². The van der Waals surface area contributed by atoms with Crippen LogP contribution in [0.3, 0.4) is 0 Å². The van der Waals surface area contributed by atoms with Crippen molar-refractivity contribution in [2.24, 2.45) is 11.8 Å². The molecule has 6 rings (SSSR count). The van der Waals surface area contributed by atoms with Gasteiger partial charge in [0.05, 0.1) is 17.5 Å². The molecule has 0 radical (unpaired) electrons. The van der Waals surface area contributed by atoms with Crippen LogP contribution in [0.25, 0.3) is 22.0 Å². The highest BCUT2D eigenvalue weighted by Crippen LogP contribution is 2.32. The van der Waals surface area contributed by atoms with Crippen molar-refractivity contribution in [3.05, 3.63) is 90.1 Å². The Bertz CT molecular complexity index is 2780. The van der Waals surface area contributed by atoms with Crippen molar-refractivity contribution in [2.75, 3.05) is 20.0 Å². The molecule has 4 heterocycles. The molecule has 19 heteroatoms. The van der Waals surface area contributed by atoms with E-state index in [9.17, 15) is 33.9 Å². The van der Waals surface area contributed by atoms with E-state index in [4.69, 9.17) is 16.0 Å². The summed E-state index contributed by atoms with van der Waals surface area (Å²) in [5.41, 5.74) is 2.83. The quantitative estimate of drug-likeness (QED) is 0.0880. The molecular formula is C55H74ClN9O9. The average Bonchev–Trinajstić information content (AvgIpc) is 3.99. The van der Waals surface area contributed by atoms with Crippen LogP contribution >= 0.6 is 11.6 Å². The molecular weight excluding hydrogens is 966 g/mol. The zero-order chi connectivity index (χ0) is 54.3. The molecule has 2 aromatic carbocycles. The van der Waals surface area contributed by atoms with E-state index in [0.29, 0.717) is 27.8 Å². The lowest BCUT2D eigenvalue weighted by Gasteiger charge is -2.39. The summed E-state index contributed by atoms with van der Waals surface area (Å²) < 4.78 is 7.34. The number of amides is 7. The molecule has 1 fully saturated rings. The first-order valence-electron chi connectivity index (χ1n) is 25.5. The van der Waals surface area contributed by atoms with Gasteiger partial charge in [0.25, 0.3) is 0 Å². The Morgan fingerprint density at radius 2 is 1.45 bits per heavy atom. The van der Waals surface area contributed by atoms with Crippen molar-refractivity contribution >= 4 is 75.0 Å². The van der Waals surface area contributed by atoms with E-state index < -0.39 is 95.3 Å². The Morgan fingerprint density at radius 1 is 0.811 bits per heavy atom. The third kappa shape index (κ3) is 12.9. The molecule has 0 spiro atoms. The number of oxazole rings is 1. The van der Waals surface area contributed by atoms with E-state index >= 15 is 4.79 Å². The monoisotopic (exact) mass is 1040 g/mol. The number of benzene rings is 2. The molecule has 4 aromatic rings. The van der Waals surface area contributed by atoms with Gasteiger partial charge in [0.2, 0.25) is 41.4 Å². The highest BCUT2D eigenvalue weighted by Gasteiger charge is 2.43. The maximum atomic E-state index is 15.4. The van der Waals surface area contributed by atoms with Crippen molar-refractivity contribution in [3.63, 3.8) is 0 Å². The first kappa shape index (κ1) is 56.8. The highest BCUT2D eigenvalue weighted by atomic mass is 35.5. The van der Waals surface area contributed by atoms with Crippen molar-refractivity contribution in [3.8, 4) is 0 Å². The van der Waals surface area contributed by atoms with Crippen LogP contribution < -0.4 is 21.3 Å². The number of alkyl halides is 1. The van der Waals surface area contributed by atoms with Gasteiger partial charge in [0.1, 0.15) is 47.8 Å². The molecule has 8 atom stereocenters. The number of allylic oxidation sites excluding steroid dienone is 1. The van der Waals surface area contributed by atoms with Gasteiger partial charge in [-0.3, -0.25) is 33.6 Å². The number of hydrogen-bond donors (Lipinski definition) is 5. The average molecular weight is 1040 g/mol. The zero-order valence-electron chi connectivity index (χ0n) is 44.5. The number of hydrogen-bond acceptors (Lipinski definition) is 10. The number of aliphatic hydroxyl groups is 1. The number of rotatable bonds is 13. The maximum Gasteiger partial charge on any atom is 0.250 e. The van der Waals surface area contributed by atoms with Crippen LogP contribution in [0, 0.1) is 11.8 Å². The lowest BCUT2D eigenvalue weighted by atomic mass is 9.95. The normalized spacial score (nSPS) is 24.1. The van der Waals surface area contributed by atoms with Crippen LogP contribution in [0.15, 0.2) is 83.4 Å². The number of carbonyl (C=O) groups excluding carboxylic acids is 7. The van der Waals surface area contributed by atoms with Gasteiger partial charge in [-0.05, 0) is 101 Å². The minimum absolute atomic E-state index is 0.0218. The van der Waals surface area contributed by atoms with Gasteiger partial charge < -0.3 is 50.1 Å². The number of fused-ring (bicyclic) bond motifs is 4. The first-order chi connectivity index (χ1) is 35.0. The minimum atomic E-state index is -1.34. The molecule has 74 heavy (non-hydrogen) atoms. The summed E-state index contributed by atoms with van der Waals surface area (Å²) in [5, 5.41) is 23.5. The predicted octanol–water partition coefficient (Wildman–Crippen LogP) is 5.09. The van der Waals surface area contributed by atoms with E-state index in [1.54, 1.807) is 50.4 Å². The van der Waals surface area contributed by atoms with Crippen molar-refractivity contribution in [1.29, 1.82) is 0 Å². The Morgan fingerprint density at radius 3 is 2.12 bits per heavy atom. The number of nitrogens with one attached hydrogen (secondary N) is 4. The summed E-state index contributed by atoms with van der Waals surface area (Å²) >= 11 is 6.21. The van der Waals surface area contributed by atoms with E-state index in [0.717, 1.165) is 10.9 Å². The molecule has 0 aliphatic carbocycles. The van der Waals surface area contributed by atoms with Gasteiger partial charge in [0, 0.05) is 50.2 Å². The zero-order valence-corrected chi connectivity index (χ0v) is 45.2. The minimum Gasteiger partial charge on any atom is -0.443 e. The molecule has 2 aromatic heterocycles. The van der Waals surface area contributed by atoms with Gasteiger partial charge in [-0.25, -0.2) is 4.98 Å². The topological polar surface area (TPSA) is 229 Å². The molecule has 5 N–H and O–H groups in total. The number of likely N-dealkylation sites (N-methyl/N-ethyl adjacent to an activating group) is 2. The van der Waals surface area contributed by atoms with Crippen molar-refractivity contribution < 1.29 is 43.1 Å². The van der Waals surface area contributed by atoms with Gasteiger partial charge in [-0.2, -0.15) is 0 Å². The summed E-state index contributed by atoms with van der Waals surface area (Å²) in [6, 6.07) is 4.26. The smallest absolute Gasteiger partial charge is 0.250 e. The lowest BCUT2D eigenvalue weighted by molar-refractivity contribution is -0.149. The standard InChI is InChI=1S/C55H74ClN9O9/c1-12-13-17-38-48(67)61-41(26-36-29-65(55(8,9)47(66)27-56)42-18-15-14-16-37(36)42)53(72)62(10)43(21-31(2)3)50(69)60-40(25-35-19-20-46-39(24-35)57-30-74-46)49(68)58-34(7)52(71)63(11)45-23-33(6)28-64(54(45)73)44(22-32(4)5)51(70)59-38/h12-16,18-20,24,28-32,34,38,40-41,43-45,47,66H,17,21-23,25-27H2,1-11H3,(H,58,68)(H,59,70)(H,60,69)(H,61,67)/b13-12+/t34-,38-,40-,41-,43-,44-,45-,47+/m0/s1. The fourth-order valence-electron chi connectivity index (χ4n) is 9.83. The molecule has 2 bridgehead atoms. The molecule has 1 saturated heterocycles. The van der Waals surface area contributed by atoms with Crippen LogP contribution in [-0.2, 0) is 51.9 Å². The van der Waals surface area contributed by atoms with Gasteiger partial charge in [-0.1, -0.05) is 69.7 Å². The fourth-order valence-corrected chi connectivity index (χ4v) is 10.2. The highest BCUT2D eigenvalue weighted by molar-refractivity contribution is 6.18. The summed E-state index contributed by atoms with van der Waals surface area (Å²) in [7, 11) is 2.95. The molecule has 7 amide bonds. The van der Waals surface area contributed by atoms with Crippen molar-refractivity contribution in [1.82, 2.24) is 45.5 Å². The molecule has 0 saturated carbocycles. The van der Waals surface area contributed by atoms with Crippen molar-refractivity contribution in [2.45, 2.75) is 155 Å².